The normalized spacial score (nSPS) is 15.6. The van der Waals surface area contributed by atoms with Crippen LogP contribution >= 0.6 is 0 Å². The fraction of sp³-hybridized carbons (Fsp3) is 0.273. The van der Waals surface area contributed by atoms with Gasteiger partial charge in [-0.05, 0) is 0 Å². The second-order valence-electron chi connectivity index (χ2n) is 3.87. The summed E-state index contributed by atoms with van der Waals surface area (Å²) >= 11 is 0. The topological polar surface area (TPSA) is 84.7 Å². The highest BCUT2D eigenvalue weighted by Crippen LogP contribution is 2.31. The highest BCUT2D eigenvalue weighted by Gasteiger charge is 2.25. The second-order valence-corrected chi connectivity index (χ2v) is 3.87. The highest BCUT2D eigenvalue weighted by molar-refractivity contribution is 6.03. The van der Waals surface area contributed by atoms with E-state index in [1.807, 2.05) is 0 Å². The molecule has 1 aromatic carbocycles. The number of hydrogen-bond acceptors (Lipinski definition) is 5. The summed E-state index contributed by atoms with van der Waals surface area (Å²) in [5.41, 5.74) is 6.23. The van der Waals surface area contributed by atoms with Gasteiger partial charge >= 0.3 is 0 Å². The van der Waals surface area contributed by atoms with E-state index in [4.69, 9.17) is 10.5 Å². The van der Waals surface area contributed by atoms with Crippen LogP contribution < -0.4 is 20.7 Å². The summed E-state index contributed by atoms with van der Waals surface area (Å²) in [7, 11) is 1.33. The molecule has 0 aliphatic carbocycles. The number of halogens is 1. The monoisotopic (exact) mass is 253 g/mol. The van der Waals surface area contributed by atoms with E-state index in [1.165, 1.54) is 18.1 Å². The van der Waals surface area contributed by atoms with E-state index in [2.05, 4.69) is 5.32 Å². The third-order valence-electron chi connectivity index (χ3n) is 2.59. The number of hydrogen-bond donors (Lipinski definition) is 2. The van der Waals surface area contributed by atoms with E-state index >= 15 is 0 Å². The number of benzene rings is 1. The van der Waals surface area contributed by atoms with Crippen LogP contribution in [0.5, 0.6) is 5.75 Å². The minimum absolute atomic E-state index is 0.00920. The molecule has 1 fully saturated rings. The largest absolute Gasteiger partial charge is 0.494 e. The molecule has 0 atom stereocenters. The van der Waals surface area contributed by atoms with E-state index in [0.29, 0.717) is 5.69 Å². The summed E-state index contributed by atoms with van der Waals surface area (Å²) in [5.74, 6) is -1.42. The van der Waals surface area contributed by atoms with E-state index in [9.17, 15) is 14.0 Å². The minimum atomic E-state index is -0.591. The average Bonchev–Trinajstić information content (AvgIpc) is 2.27. The molecule has 0 bridgehead atoms. The molecular weight excluding hydrogens is 241 g/mol. The number of nitrogens with one attached hydrogen (secondary N) is 1. The number of amides is 2. The first-order valence-corrected chi connectivity index (χ1v) is 5.22. The summed E-state index contributed by atoms with van der Waals surface area (Å²) in [4.78, 5) is 24.0. The van der Waals surface area contributed by atoms with Gasteiger partial charge in [-0.3, -0.25) is 14.9 Å². The quantitative estimate of drug-likeness (QED) is 0.567. The molecule has 96 valence electrons. The number of rotatable bonds is 2. The molecular formula is C11H12FN3O3. The molecule has 18 heavy (non-hydrogen) atoms. The first-order chi connectivity index (χ1) is 8.51. The fourth-order valence-electron chi connectivity index (χ4n) is 1.80. The number of carbonyl (C=O) groups is 2. The average molecular weight is 253 g/mol. The summed E-state index contributed by atoms with van der Waals surface area (Å²) in [6, 6.07) is 2.47. The minimum Gasteiger partial charge on any atom is -0.494 e. The van der Waals surface area contributed by atoms with Gasteiger partial charge in [0, 0.05) is 12.1 Å². The van der Waals surface area contributed by atoms with Crippen LogP contribution in [0.1, 0.15) is 0 Å². The summed E-state index contributed by atoms with van der Waals surface area (Å²) < 4.78 is 18.2. The standard InChI is InChI=1S/C11H12FN3O3/c1-18-9-3-8(7(13)2-6(9)12)15-4-10(16)14-11(17)5-15/h2-3H,4-5,13H2,1H3,(H,14,16,17). The predicted octanol–water partition coefficient (Wildman–Crippen LogP) is -0.121. The number of imide groups is 1. The first kappa shape index (κ1) is 12.2. The van der Waals surface area contributed by atoms with Gasteiger partial charge in [-0.25, -0.2) is 4.39 Å². The van der Waals surface area contributed by atoms with Crippen LogP contribution in [0.4, 0.5) is 15.8 Å². The Kier molecular flexibility index (Phi) is 3.05. The third-order valence-corrected chi connectivity index (χ3v) is 2.59. The number of nitrogen functional groups attached to an aromatic ring is 1. The SMILES string of the molecule is COc1cc(N2CC(=O)NC(=O)C2)c(N)cc1F. The molecule has 0 radical (unpaired) electrons. The van der Waals surface area contributed by atoms with Gasteiger partial charge in [-0.15, -0.1) is 0 Å². The summed E-state index contributed by atoms with van der Waals surface area (Å²) in [6.45, 7) is -0.0184. The van der Waals surface area contributed by atoms with Crippen molar-refractivity contribution in [3.05, 3.63) is 17.9 Å². The molecule has 0 saturated carbocycles. The van der Waals surface area contributed by atoms with Gasteiger partial charge in [-0.2, -0.15) is 0 Å². The van der Waals surface area contributed by atoms with E-state index < -0.39 is 17.6 Å². The highest BCUT2D eigenvalue weighted by atomic mass is 19.1. The van der Waals surface area contributed by atoms with Crippen molar-refractivity contribution >= 4 is 23.2 Å². The zero-order chi connectivity index (χ0) is 13.3. The van der Waals surface area contributed by atoms with Gasteiger partial charge < -0.3 is 15.4 Å². The zero-order valence-corrected chi connectivity index (χ0v) is 9.70. The summed E-state index contributed by atoms with van der Waals surface area (Å²) in [6.07, 6.45) is 0. The number of nitrogens with zero attached hydrogens (tertiary/aromatic N) is 1. The Morgan fingerprint density at radius 3 is 2.50 bits per heavy atom. The maximum atomic E-state index is 13.4. The van der Waals surface area contributed by atoms with Crippen molar-refractivity contribution in [1.82, 2.24) is 5.32 Å². The van der Waals surface area contributed by atoms with Crippen molar-refractivity contribution in [2.24, 2.45) is 0 Å². The van der Waals surface area contributed by atoms with Gasteiger partial charge in [0.1, 0.15) is 0 Å². The van der Waals surface area contributed by atoms with Crippen molar-refractivity contribution < 1.29 is 18.7 Å². The van der Waals surface area contributed by atoms with Gasteiger partial charge in [0.15, 0.2) is 11.6 Å². The molecule has 3 N–H and O–H groups in total. The lowest BCUT2D eigenvalue weighted by Crippen LogP contribution is -2.51. The molecule has 7 heteroatoms. The molecule has 0 unspecified atom stereocenters. The van der Waals surface area contributed by atoms with Crippen LogP contribution in [0.3, 0.4) is 0 Å². The number of ether oxygens (including phenoxy) is 1. The zero-order valence-electron chi connectivity index (χ0n) is 9.70. The molecule has 2 amide bonds. The maximum absolute atomic E-state index is 13.4. The van der Waals surface area contributed by atoms with Crippen LogP contribution in [0.2, 0.25) is 0 Å². The molecule has 6 nitrogen and oxygen atoms in total. The Morgan fingerprint density at radius 2 is 1.94 bits per heavy atom. The number of methoxy groups -OCH3 is 1. The van der Waals surface area contributed by atoms with Crippen LogP contribution in [0.25, 0.3) is 0 Å². The smallest absolute Gasteiger partial charge is 0.246 e. The lowest BCUT2D eigenvalue weighted by Gasteiger charge is -2.28. The number of carbonyl (C=O) groups excluding carboxylic acids is 2. The maximum Gasteiger partial charge on any atom is 0.246 e. The van der Waals surface area contributed by atoms with Gasteiger partial charge in [-0.1, -0.05) is 0 Å². The van der Waals surface area contributed by atoms with Crippen molar-refractivity contribution in [1.29, 1.82) is 0 Å². The van der Waals surface area contributed by atoms with Crippen LogP contribution in [-0.2, 0) is 9.59 Å². The molecule has 1 aliphatic rings. The number of piperazine rings is 1. The van der Waals surface area contributed by atoms with Crippen LogP contribution in [0.15, 0.2) is 12.1 Å². The van der Waals surface area contributed by atoms with Crippen LogP contribution in [0, 0.1) is 5.82 Å². The molecule has 0 aromatic heterocycles. The molecule has 1 aliphatic heterocycles. The third kappa shape index (κ3) is 2.20. The van der Waals surface area contributed by atoms with Crippen molar-refractivity contribution in [3.63, 3.8) is 0 Å². The number of anilines is 2. The lowest BCUT2D eigenvalue weighted by atomic mass is 10.2. The molecule has 1 aromatic rings. The lowest BCUT2D eigenvalue weighted by molar-refractivity contribution is -0.130. The van der Waals surface area contributed by atoms with Crippen LogP contribution in [-0.4, -0.2) is 32.0 Å². The molecule has 1 saturated heterocycles. The Labute approximate surface area is 103 Å². The predicted molar refractivity (Wildman–Crippen MR) is 62.7 cm³/mol. The molecule has 1 heterocycles. The Morgan fingerprint density at radius 1 is 1.33 bits per heavy atom. The number of nitrogens with two attached hydrogens (primary N) is 1. The Hall–Kier alpha value is -2.31. The van der Waals surface area contributed by atoms with Crippen molar-refractivity contribution in [3.8, 4) is 5.75 Å². The Balaban J connectivity index is 2.38. The first-order valence-electron chi connectivity index (χ1n) is 5.22. The van der Waals surface area contributed by atoms with E-state index in [-0.39, 0.29) is 24.5 Å². The van der Waals surface area contributed by atoms with Crippen molar-refractivity contribution in [2.75, 3.05) is 30.8 Å². The molecule has 2 rings (SSSR count). The second kappa shape index (κ2) is 4.52. The fourth-order valence-corrected chi connectivity index (χ4v) is 1.80. The molecule has 0 spiro atoms. The van der Waals surface area contributed by atoms with E-state index in [0.717, 1.165) is 6.07 Å². The van der Waals surface area contributed by atoms with E-state index in [1.54, 1.807) is 0 Å². The van der Waals surface area contributed by atoms with Gasteiger partial charge in [0.25, 0.3) is 0 Å². The van der Waals surface area contributed by atoms with Crippen molar-refractivity contribution in [2.45, 2.75) is 0 Å². The summed E-state index contributed by atoms with van der Waals surface area (Å²) in [5, 5.41) is 2.17. The Bertz CT molecular complexity index is 503. The van der Waals surface area contributed by atoms with Gasteiger partial charge in [0.05, 0.1) is 31.6 Å². The van der Waals surface area contributed by atoms with Gasteiger partial charge in [0.2, 0.25) is 11.8 Å².